The van der Waals surface area contributed by atoms with Crippen LogP contribution in [0.4, 0.5) is 5.82 Å². The van der Waals surface area contributed by atoms with Gasteiger partial charge in [-0.05, 0) is 25.0 Å². The van der Waals surface area contributed by atoms with Crippen molar-refractivity contribution in [3.05, 3.63) is 36.2 Å². The zero-order valence-corrected chi connectivity index (χ0v) is 10.6. The Hall–Kier alpha value is -2.35. The molecule has 1 aromatic rings. The number of nitriles is 1. The highest BCUT2D eigenvalue weighted by atomic mass is 16.1. The van der Waals surface area contributed by atoms with Gasteiger partial charge in [-0.1, -0.05) is 18.9 Å². The van der Waals surface area contributed by atoms with Gasteiger partial charge in [-0.2, -0.15) is 5.26 Å². The van der Waals surface area contributed by atoms with E-state index in [9.17, 15) is 4.79 Å². The number of pyridine rings is 1. The molecule has 0 saturated heterocycles. The standard InChI is InChI=1S/C14H16N4O/c15-9-11(10-17-13-7-3-4-8-16-13)14(19)18-12-5-1-2-6-12/h3-4,7-8,10,12H,1-2,5-6H2,(H,16,17)(H,18,19)/b11-10-. The van der Waals surface area contributed by atoms with Gasteiger partial charge in [-0.25, -0.2) is 4.98 Å². The molecule has 0 spiro atoms. The maximum Gasteiger partial charge on any atom is 0.263 e. The summed E-state index contributed by atoms with van der Waals surface area (Å²) in [5.41, 5.74) is 0.0672. The highest BCUT2D eigenvalue weighted by Crippen LogP contribution is 2.17. The lowest BCUT2D eigenvalue weighted by Gasteiger charge is -2.11. The first kappa shape index (κ1) is 13.1. The molecule has 0 atom stereocenters. The van der Waals surface area contributed by atoms with Crippen LogP contribution < -0.4 is 10.6 Å². The summed E-state index contributed by atoms with van der Waals surface area (Å²) in [4.78, 5) is 15.9. The molecule has 1 saturated carbocycles. The third kappa shape index (κ3) is 3.81. The van der Waals surface area contributed by atoms with Gasteiger partial charge < -0.3 is 10.6 Å². The van der Waals surface area contributed by atoms with Crippen LogP contribution in [0.1, 0.15) is 25.7 Å². The van der Waals surface area contributed by atoms with Crippen molar-refractivity contribution >= 4 is 11.7 Å². The predicted octanol–water partition coefficient (Wildman–Crippen LogP) is 1.96. The van der Waals surface area contributed by atoms with Gasteiger partial charge in [0.05, 0.1) is 0 Å². The zero-order valence-electron chi connectivity index (χ0n) is 10.6. The second kappa shape index (κ2) is 6.55. The quantitative estimate of drug-likeness (QED) is 0.637. The first-order valence-corrected chi connectivity index (χ1v) is 6.38. The third-order valence-electron chi connectivity index (χ3n) is 3.08. The van der Waals surface area contributed by atoms with E-state index in [0.29, 0.717) is 5.82 Å². The van der Waals surface area contributed by atoms with E-state index in [0.717, 1.165) is 25.7 Å². The molecule has 0 unspecified atom stereocenters. The van der Waals surface area contributed by atoms with Crippen molar-refractivity contribution in [1.82, 2.24) is 10.3 Å². The van der Waals surface area contributed by atoms with Gasteiger partial charge in [0.2, 0.25) is 0 Å². The normalized spacial score (nSPS) is 15.8. The molecule has 2 rings (SSSR count). The second-order valence-electron chi connectivity index (χ2n) is 4.48. The molecule has 2 N–H and O–H groups in total. The summed E-state index contributed by atoms with van der Waals surface area (Å²) in [5.74, 6) is 0.279. The topological polar surface area (TPSA) is 77.8 Å². The van der Waals surface area contributed by atoms with E-state index in [1.807, 2.05) is 12.1 Å². The largest absolute Gasteiger partial charge is 0.349 e. The van der Waals surface area contributed by atoms with Crippen molar-refractivity contribution in [2.75, 3.05) is 5.32 Å². The lowest BCUT2D eigenvalue weighted by atomic mass is 10.2. The van der Waals surface area contributed by atoms with Gasteiger partial charge >= 0.3 is 0 Å². The SMILES string of the molecule is N#C/C(=C/Nc1ccccn1)C(=O)NC1CCCC1. The number of nitrogens with zero attached hydrogens (tertiary/aromatic N) is 2. The number of aromatic nitrogens is 1. The molecule has 1 aliphatic carbocycles. The van der Waals surface area contributed by atoms with E-state index < -0.39 is 0 Å². The van der Waals surface area contributed by atoms with Crippen molar-refractivity contribution in [2.45, 2.75) is 31.7 Å². The molecule has 0 aliphatic heterocycles. The second-order valence-corrected chi connectivity index (χ2v) is 4.48. The van der Waals surface area contributed by atoms with Crippen LogP contribution in [0.15, 0.2) is 36.2 Å². The molecule has 1 aliphatic rings. The van der Waals surface area contributed by atoms with Gasteiger partial charge in [-0.15, -0.1) is 0 Å². The Morgan fingerprint density at radius 2 is 2.21 bits per heavy atom. The average Bonchev–Trinajstić information content (AvgIpc) is 2.93. The first-order valence-electron chi connectivity index (χ1n) is 6.38. The van der Waals surface area contributed by atoms with E-state index >= 15 is 0 Å². The van der Waals surface area contributed by atoms with Gasteiger partial charge in [0.1, 0.15) is 17.5 Å². The minimum Gasteiger partial charge on any atom is -0.349 e. The number of carbonyl (C=O) groups is 1. The van der Waals surface area contributed by atoms with Gasteiger partial charge in [0.15, 0.2) is 0 Å². The van der Waals surface area contributed by atoms with E-state index in [-0.39, 0.29) is 17.5 Å². The molecule has 1 fully saturated rings. The number of hydrogen-bond donors (Lipinski definition) is 2. The molecule has 1 amide bonds. The van der Waals surface area contributed by atoms with Crippen molar-refractivity contribution in [3.63, 3.8) is 0 Å². The van der Waals surface area contributed by atoms with Crippen molar-refractivity contribution < 1.29 is 4.79 Å². The third-order valence-corrected chi connectivity index (χ3v) is 3.08. The Bertz CT molecular complexity index is 498. The molecular weight excluding hydrogens is 240 g/mol. The Kier molecular flexibility index (Phi) is 4.51. The summed E-state index contributed by atoms with van der Waals surface area (Å²) in [5, 5.41) is 14.7. The monoisotopic (exact) mass is 256 g/mol. The number of anilines is 1. The molecule has 0 aromatic carbocycles. The minimum absolute atomic E-state index is 0.0672. The van der Waals surface area contributed by atoms with Crippen molar-refractivity contribution in [1.29, 1.82) is 5.26 Å². The Balaban J connectivity index is 1.95. The molecule has 98 valence electrons. The molecule has 1 aromatic heterocycles. The molecule has 5 nitrogen and oxygen atoms in total. The summed E-state index contributed by atoms with van der Waals surface area (Å²) in [6.45, 7) is 0. The van der Waals surface area contributed by atoms with Crippen LogP contribution in [0, 0.1) is 11.3 Å². The van der Waals surface area contributed by atoms with Crippen molar-refractivity contribution in [2.24, 2.45) is 0 Å². The Morgan fingerprint density at radius 3 is 2.84 bits per heavy atom. The van der Waals surface area contributed by atoms with Crippen molar-refractivity contribution in [3.8, 4) is 6.07 Å². The van der Waals surface area contributed by atoms with Gasteiger partial charge in [0, 0.05) is 18.4 Å². The highest BCUT2D eigenvalue weighted by Gasteiger charge is 2.19. The fourth-order valence-corrected chi connectivity index (χ4v) is 2.08. The number of nitrogens with one attached hydrogen (secondary N) is 2. The molecule has 5 heteroatoms. The number of rotatable bonds is 4. The molecule has 0 radical (unpaired) electrons. The van der Waals surface area contributed by atoms with E-state index in [4.69, 9.17) is 5.26 Å². The van der Waals surface area contributed by atoms with Crippen LogP contribution in [0.3, 0.4) is 0 Å². The maximum absolute atomic E-state index is 11.9. The van der Waals surface area contributed by atoms with Crippen LogP contribution in [-0.4, -0.2) is 16.9 Å². The number of amides is 1. The van der Waals surface area contributed by atoms with E-state index in [2.05, 4.69) is 15.6 Å². The fraction of sp³-hybridized carbons (Fsp3) is 0.357. The molecular formula is C14H16N4O. The first-order chi connectivity index (χ1) is 9.29. The maximum atomic E-state index is 11.9. The minimum atomic E-state index is -0.321. The van der Waals surface area contributed by atoms with Gasteiger partial charge in [-0.3, -0.25) is 4.79 Å². The summed E-state index contributed by atoms with van der Waals surface area (Å²) in [7, 11) is 0. The van der Waals surface area contributed by atoms with E-state index in [1.54, 1.807) is 18.3 Å². The Labute approximate surface area is 112 Å². The zero-order chi connectivity index (χ0) is 13.5. The van der Waals surface area contributed by atoms with Crippen LogP contribution in [0.25, 0.3) is 0 Å². The summed E-state index contributed by atoms with van der Waals surface area (Å²) < 4.78 is 0. The summed E-state index contributed by atoms with van der Waals surface area (Å²) in [6, 6.07) is 7.50. The highest BCUT2D eigenvalue weighted by molar-refractivity contribution is 5.97. The lowest BCUT2D eigenvalue weighted by Crippen LogP contribution is -2.33. The summed E-state index contributed by atoms with van der Waals surface area (Å²) >= 11 is 0. The fourth-order valence-electron chi connectivity index (χ4n) is 2.08. The summed E-state index contributed by atoms with van der Waals surface area (Å²) in [6.07, 6.45) is 7.31. The smallest absolute Gasteiger partial charge is 0.263 e. The number of hydrogen-bond acceptors (Lipinski definition) is 4. The Morgan fingerprint density at radius 1 is 1.42 bits per heavy atom. The molecule has 0 bridgehead atoms. The lowest BCUT2D eigenvalue weighted by molar-refractivity contribution is -0.117. The average molecular weight is 256 g/mol. The molecule has 19 heavy (non-hydrogen) atoms. The van der Waals surface area contributed by atoms with E-state index in [1.165, 1.54) is 6.20 Å². The van der Waals surface area contributed by atoms with Crippen LogP contribution in [0.5, 0.6) is 0 Å². The van der Waals surface area contributed by atoms with Crippen LogP contribution >= 0.6 is 0 Å². The molecule has 1 heterocycles. The van der Waals surface area contributed by atoms with Crippen LogP contribution in [-0.2, 0) is 4.79 Å². The van der Waals surface area contributed by atoms with Crippen LogP contribution in [0.2, 0.25) is 0 Å². The number of carbonyl (C=O) groups excluding carboxylic acids is 1. The van der Waals surface area contributed by atoms with Gasteiger partial charge in [0.25, 0.3) is 5.91 Å². The predicted molar refractivity (Wildman–Crippen MR) is 72.0 cm³/mol.